The van der Waals surface area contributed by atoms with Gasteiger partial charge in [0.15, 0.2) is 0 Å². The molecule has 0 saturated carbocycles. The third-order valence-corrected chi connectivity index (χ3v) is 5.47. The number of aryl methyl sites for hydroxylation is 1. The van der Waals surface area contributed by atoms with Gasteiger partial charge in [-0.15, -0.1) is 0 Å². The van der Waals surface area contributed by atoms with Gasteiger partial charge in [-0.05, 0) is 61.9 Å². The quantitative estimate of drug-likeness (QED) is 0.281. The van der Waals surface area contributed by atoms with E-state index in [9.17, 15) is 22.8 Å². The van der Waals surface area contributed by atoms with Crippen LogP contribution in [0.5, 0.6) is 11.6 Å². The molecule has 0 atom stereocenters. The van der Waals surface area contributed by atoms with Crippen LogP contribution in [-0.2, 0) is 10.9 Å². The van der Waals surface area contributed by atoms with Gasteiger partial charge in [0.2, 0.25) is 5.88 Å². The Morgan fingerprint density at radius 3 is 2.43 bits per heavy atom. The van der Waals surface area contributed by atoms with Gasteiger partial charge in [0, 0.05) is 17.6 Å². The zero-order chi connectivity index (χ0) is 26.7. The van der Waals surface area contributed by atoms with Crippen molar-refractivity contribution in [3.05, 3.63) is 76.7 Å². The van der Waals surface area contributed by atoms with Crippen LogP contribution < -0.4 is 15.4 Å². The summed E-state index contributed by atoms with van der Waals surface area (Å²) in [5, 5.41) is 8.49. The van der Waals surface area contributed by atoms with Crippen molar-refractivity contribution >= 4 is 40.5 Å². The van der Waals surface area contributed by atoms with E-state index in [0.717, 1.165) is 12.1 Å². The minimum atomic E-state index is -4.66. The van der Waals surface area contributed by atoms with Crippen LogP contribution in [0.2, 0.25) is 5.02 Å². The highest BCUT2D eigenvalue weighted by Crippen LogP contribution is 2.36. The summed E-state index contributed by atoms with van der Waals surface area (Å²) in [6.07, 6.45) is -1.85. The van der Waals surface area contributed by atoms with Gasteiger partial charge in [0.25, 0.3) is 0 Å². The average Bonchev–Trinajstić information content (AvgIpc) is 3.18. The Kier molecular flexibility index (Phi) is 7.21. The monoisotopic (exact) mass is 533 g/mol. The molecule has 13 heteroatoms. The zero-order valence-electron chi connectivity index (χ0n) is 19.4. The number of rotatable bonds is 6. The predicted octanol–water partition coefficient (Wildman–Crippen LogP) is 6.32. The minimum Gasteiger partial charge on any atom is -0.462 e. The molecule has 37 heavy (non-hydrogen) atoms. The minimum absolute atomic E-state index is 0.0771. The fourth-order valence-corrected chi connectivity index (χ4v) is 3.67. The van der Waals surface area contributed by atoms with Crippen molar-refractivity contribution in [3.63, 3.8) is 0 Å². The topological polar surface area (TPSA) is 107 Å². The number of ether oxygens (including phenoxy) is 2. The highest BCUT2D eigenvalue weighted by molar-refractivity contribution is 6.31. The van der Waals surface area contributed by atoms with Crippen molar-refractivity contribution < 1.29 is 32.2 Å². The van der Waals surface area contributed by atoms with E-state index in [-0.39, 0.29) is 18.2 Å². The largest absolute Gasteiger partial charge is 0.462 e. The Morgan fingerprint density at radius 1 is 1.08 bits per heavy atom. The normalized spacial score (nSPS) is 11.3. The number of benzene rings is 2. The number of aromatic nitrogens is 3. The highest BCUT2D eigenvalue weighted by Gasteiger charge is 2.33. The summed E-state index contributed by atoms with van der Waals surface area (Å²) in [7, 11) is 0. The van der Waals surface area contributed by atoms with Crippen LogP contribution >= 0.6 is 11.6 Å². The van der Waals surface area contributed by atoms with Gasteiger partial charge in [-0.25, -0.2) is 14.1 Å². The number of halogens is 4. The van der Waals surface area contributed by atoms with Crippen LogP contribution in [0.15, 0.2) is 55.0 Å². The third-order valence-electron chi connectivity index (χ3n) is 5.14. The number of esters is 1. The second-order valence-electron chi connectivity index (χ2n) is 7.64. The van der Waals surface area contributed by atoms with Gasteiger partial charge < -0.3 is 20.1 Å². The van der Waals surface area contributed by atoms with Crippen LogP contribution in [0.3, 0.4) is 0 Å². The molecule has 0 bridgehead atoms. The molecule has 9 nitrogen and oxygen atoms in total. The summed E-state index contributed by atoms with van der Waals surface area (Å²) in [5.41, 5.74) is 0.617. The average molecular weight is 534 g/mol. The van der Waals surface area contributed by atoms with Crippen LogP contribution in [0.4, 0.5) is 29.3 Å². The molecule has 0 radical (unpaired) electrons. The molecular formula is C24H19ClF3N5O4. The second kappa shape index (κ2) is 10.3. The Bertz CT molecular complexity index is 1470. The number of nitrogens with one attached hydrogen (secondary N) is 2. The summed E-state index contributed by atoms with van der Waals surface area (Å²) >= 11 is 5.60. The smallest absolute Gasteiger partial charge is 0.417 e. The van der Waals surface area contributed by atoms with Crippen molar-refractivity contribution in [3.8, 4) is 11.6 Å². The van der Waals surface area contributed by atoms with E-state index in [1.807, 2.05) is 0 Å². The molecule has 0 saturated heterocycles. The summed E-state index contributed by atoms with van der Waals surface area (Å²) in [6, 6.07) is 8.49. The number of alkyl halides is 3. The molecule has 4 aromatic rings. The summed E-state index contributed by atoms with van der Waals surface area (Å²) < 4.78 is 51.5. The molecule has 0 aliphatic heterocycles. The lowest BCUT2D eigenvalue weighted by molar-refractivity contribution is -0.137. The molecule has 0 fully saturated rings. The molecule has 0 unspecified atom stereocenters. The zero-order valence-corrected chi connectivity index (χ0v) is 20.1. The van der Waals surface area contributed by atoms with Crippen LogP contribution in [0.1, 0.15) is 28.4 Å². The maximum absolute atomic E-state index is 13.0. The standard InChI is InChI=1S/C24H19ClF3N5O4/c1-3-36-22(34)17-11-33-20(13(17)2)21(29-12-30-33)37-16-7-4-14(5-8-16)31-23(35)32-15-6-9-19(25)18(10-15)24(26,27)28/h4-12H,3H2,1-2H3,(H2,31,32,35). The van der Waals surface area contributed by atoms with E-state index >= 15 is 0 Å². The molecule has 0 aliphatic carbocycles. The predicted molar refractivity (Wildman–Crippen MR) is 129 cm³/mol. The Labute approximate surface area is 213 Å². The first-order chi connectivity index (χ1) is 17.6. The Hall–Kier alpha value is -4.32. The SMILES string of the molecule is CCOC(=O)c1cn2ncnc(Oc3ccc(NC(=O)Nc4ccc(Cl)c(C(F)(F)F)c4)cc3)c2c1C. The lowest BCUT2D eigenvalue weighted by Crippen LogP contribution is -2.19. The van der Waals surface area contributed by atoms with Crippen molar-refractivity contribution in [2.45, 2.75) is 20.0 Å². The Balaban J connectivity index is 1.46. The second-order valence-corrected chi connectivity index (χ2v) is 8.05. The first-order valence-electron chi connectivity index (χ1n) is 10.8. The molecule has 2 aromatic carbocycles. The van der Waals surface area contributed by atoms with Crippen molar-refractivity contribution in [2.24, 2.45) is 0 Å². The number of amides is 2. The number of hydrogen-bond donors (Lipinski definition) is 2. The first kappa shape index (κ1) is 25.8. The number of nitrogens with zero attached hydrogens (tertiary/aromatic N) is 3. The first-order valence-corrected chi connectivity index (χ1v) is 11.2. The van der Waals surface area contributed by atoms with Crippen LogP contribution in [-0.4, -0.2) is 33.2 Å². The summed E-state index contributed by atoms with van der Waals surface area (Å²) in [4.78, 5) is 28.6. The van der Waals surface area contributed by atoms with E-state index in [2.05, 4.69) is 20.7 Å². The third kappa shape index (κ3) is 5.75. The molecule has 2 N–H and O–H groups in total. The highest BCUT2D eigenvalue weighted by atomic mass is 35.5. The van der Waals surface area contributed by atoms with Crippen molar-refractivity contribution in [1.29, 1.82) is 0 Å². The maximum atomic E-state index is 13.0. The number of carbonyl (C=O) groups excluding carboxylic acids is 2. The Morgan fingerprint density at radius 2 is 1.76 bits per heavy atom. The van der Waals surface area contributed by atoms with Gasteiger partial charge in [0.1, 0.15) is 17.6 Å². The number of hydrogen-bond acceptors (Lipinski definition) is 6. The van der Waals surface area contributed by atoms with Crippen LogP contribution in [0, 0.1) is 6.92 Å². The molecule has 4 rings (SSSR count). The number of urea groups is 1. The lowest BCUT2D eigenvalue weighted by Gasteiger charge is -2.12. The van der Waals surface area contributed by atoms with Crippen molar-refractivity contribution in [2.75, 3.05) is 17.2 Å². The van der Waals surface area contributed by atoms with E-state index in [1.54, 1.807) is 26.0 Å². The van der Waals surface area contributed by atoms with E-state index in [0.29, 0.717) is 28.1 Å². The number of carbonyl (C=O) groups is 2. The van der Waals surface area contributed by atoms with Crippen molar-refractivity contribution in [1.82, 2.24) is 14.6 Å². The molecule has 0 aliphatic rings. The lowest BCUT2D eigenvalue weighted by atomic mass is 10.2. The van der Waals surface area contributed by atoms with Gasteiger partial charge >= 0.3 is 18.2 Å². The summed E-state index contributed by atoms with van der Waals surface area (Å²) in [5.74, 6) is 0.0838. The van der Waals surface area contributed by atoms with Gasteiger partial charge in [-0.2, -0.15) is 23.3 Å². The van der Waals surface area contributed by atoms with E-state index < -0.39 is 28.8 Å². The van der Waals surface area contributed by atoms with Crippen LogP contribution in [0.25, 0.3) is 5.52 Å². The van der Waals surface area contributed by atoms with Gasteiger partial charge in [0.05, 0.1) is 22.8 Å². The summed E-state index contributed by atoms with van der Waals surface area (Å²) in [6.45, 7) is 3.66. The fraction of sp³-hybridized carbons (Fsp3) is 0.167. The van der Waals surface area contributed by atoms with E-state index in [4.69, 9.17) is 21.1 Å². The van der Waals surface area contributed by atoms with Gasteiger partial charge in [-0.3, -0.25) is 0 Å². The molecule has 192 valence electrons. The number of fused-ring (bicyclic) bond motifs is 1. The molecule has 2 heterocycles. The number of anilines is 2. The molecule has 2 amide bonds. The molecule has 2 aromatic heterocycles. The van der Waals surface area contributed by atoms with Gasteiger partial charge in [-0.1, -0.05) is 11.6 Å². The fourth-order valence-electron chi connectivity index (χ4n) is 3.45. The molecule has 0 spiro atoms. The molecular weight excluding hydrogens is 515 g/mol. The maximum Gasteiger partial charge on any atom is 0.417 e. The van der Waals surface area contributed by atoms with E-state index in [1.165, 1.54) is 35.2 Å².